The average Bonchev–Trinajstić information content (AvgIpc) is 3.41. The number of amides is 2. The molecule has 1 fully saturated rings. The molecule has 3 N–H and O–H groups in total. The van der Waals surface area contributed by atoms with Crippen LogP contribution < -0.4 is 10.2 Å². The van der Waals surface area contributed by atoms with Gasteiger partial charge in [-0.2, -0.15) is 13.2 Å². The number of fused-ring (bicyclic) bond motifs is 1. The van der Waals surface area contributed by atoms with E-state index in [0.29, 0.717) is 30.0 Å². The highest BCUT2D eigenvalue weighted by atomic mass is 19.4. The third-order valence-electron chi connectivity index (χ3n) is 7.14. The fraction of sp³-hybridized carbons (Fsp3) is 0.481. The Hall–Kier alpha value is -3.83. The molecule has 1 aliphatic rings. The normalized spacial score (nSPS) is 18.8. The van der Waals surface area contributed by atoms with Crippen molar-refractivity contribution >= 4 is 28.7 Å². The maximum Gasteiger partial charge on any atom is 0.408 e. The molecule has 3 aromatic rings. The summed E-state index contributed by atoms with van der Waals surface area (Å²) in [4.78, 5) is 40.9. The molecule has 12 heteroatoms. The quantitative estimate of drug-likeness (QED) is 0.397. The topological polar surface area (TPSA) is 114 Å². The largest absolute Gasteiger partial charge is 0.465 e. The molecule has 3 heterocycles. The third kappa shape index (κ3) is 5.37. The van der Waals surface area contributed by atoms with Gasteiger partial charge in [-0.15, -0.1) is 0 Å². The van der Waals surface area contributed by atoms with Gasteiger partial charge >= 0.3 is 12.3 Å². The molecule has 0 aliphatic carbocycles. The lowest BCUT2D eigenvalue weighted by molar-refractivity contribution is -0.149. The summed E-state index contributed by atoms with van der Waals surface area (Å²) in [5, 5.41) is 12.1. The first-order chi connectivity index (χ1) is 18.0. The van der Waals surface area contributed by atoms with E-state index in [9.17, 15) is 27.9 Å². The third-order valence-corrected chi connectivity index (χ3v) is 7.14. The molecule has 4 rings (SSSR count). The summed E-state index contributed by atoms with van der Waals surface area (Å²) in [6, 6.07) is 3.56. The van der Waals surface area contributed by atoms with Crippen LogP contribution in [0.4, 0.5) is 23.7 Å². The van der Waals surface area contributed by atoms with Gasteiger partial charge in [0.2, 0.25) is 0 Å². The first kappa shape index (κ1) is 28.2. The molecular formula is C27H33F3N6O3. The van der Waals surface area contributed by atoms with E-state index in [4.69, 9.17) is 4.98 Å². The number of nitrogens with one attached hydrogen (secondary N) is 2. The molecule has 2 atom stereocenters. The van der Waals surface area contributed by atoms with Gasteiger partial charge in [-0.05, 0) is 59.6 Å². The Morgan fingerprint density at radius 2 is 1.92 bits per heavy atom. The molecule has 1 saturated heterocycles. The van der Waals surface area contributed by atoms with Crippen LogP contribution in [-0.2, 0) is 0 Å². The molecule has 210 valence electrons. The van der Waals surface area contributed by atoms with E-state index in [1.807, 2.05) is 42.3 Å². The number of H-pyrrole nitrogens is 1. The van der Waals surface area contributed by atoms with Gasteiger partial charge in [-0.3, -0.25) is 14.7 Å². The summed E-state index contributed by atoms with van der Waals surface area (Å²) >= 11 is 0. The van der Waals surface area contributed by atoms with E-state index in [-0.39, 0.29) is 12.1 Å². The number of aromatic nitrogens is 3. The maximum absolute atomic E-state index is 13.3. The van der Waals surface area contributed by atoms with Crippen LogP contribution in [0.5, 0.6) is 0 Å². The second-order valence-electron chi connectivity index (χ2n) is 11.3. The number of carbonyl (C=O) groups is 2. The molecule has 1 aromatic carbocycles. The zero-order chi connectivity index (χ0) is 28.9. The zero-order valence-electron chi connectivity index (χ0n) is 22.8. The van der Waals surface area contributed by atoms with Gasteiger partial charge < -0.3 is 20.3 Å². The van der Waals surface area contributed by atoms with Crippen molar-refractivity contribution < 1.29 is 27.9 Å². The first-order valence-corrected chi connectivity index (χ1v) is 12.6. The number of hydrogen-bond acceptors (Lipinski definition) is 5. The SMILES string of the molecule is Cc1cccc2[nH]c(-c3cncc(C(=O)N[C@@H](C)C(F)(F)F)c3N3CCC(C)(N(C(=O)O)C(C)(C)C)C3)nc12. The molecule has 0 saturated carbocycles. The van der Waals surface area contributed by atoms with Crippen LogP contribution in [0.2, 0.25) is 0 Å². The van der Waals surface area contributed by atoms with Crippen LogP contribution in [0.3, 0.4) is 0 Å². The fourth-order valence-electron chi connectivity index (χ4n) is 5.44. The van der Waals surface area contributed by atoms with Crippen molar-refractivity contribution in [2.24, 2.45) is 0 Å². The number of hydrogen-bond donors (Lipinski definition) is 3. The number of anilines is 1. The van der Waals surface area contributed by atoms with Gasteiger partial charge in [0, 0.05) is 31.0 Å². The number of halogens is 3. The Kier molecular flexibility index (Phi) is 7.03. The number of carbonyl (C=O) groups excluding carboxylic acids is 1. The molecule has 1 aliphatic heterocycles. The minimum atomic E-state index is -4.63. The smallest absolute Gasteiger partial charge is 0.408 e. The molecular weight excluding hydrogens is 513 g/mol. The first-order valence-electron chi connectivity index (χ1n) is 12.6. The van der Waals surface area contributed by atoms with E-state index in [1.165, 1.54) is 17.3 Å². The summed E-state index contributed by atoms with van der Waals surface area (Å²) in [6.07, 6.45) is -2.51. The Morgan fingerprint density at radius 3 is 2.51 bits per heavy atom. The number of para-hydroxylation sites is 1. The van der Waals surface area contributed by atoms with Crippen LogP contribution in [0, 0.1) is 6.92 Å². The molecule has 2 amide bonds. The predicted octanol–water partition coefficient (Wildman–Crippen LogP) is 5.36. The summed E-state index contributed by atoms with van der Waals surface area (Å²) in [6.45, 7) is 10.6. The van der Waals surface area contributed by atoms with Gasteiger partial charge in [0.1, 0.15) is 11.9 Å². The van der Waals surface area contributed by atoms with Crippen molar-refractivity contribution in [2.45, 2.75) is 71.3 Å². The van der Waals surface area contributed by atoms with Crippen LogP contribution in [-0.4, -0.2) is 73.3 Å². The molecule has 2 aromatic heterocycles. The van der Waals surface area contributed by atoms with Crippen molar-refractivity contribution in [1.82, 2.24) is 25.2 Å². The number of alkyl halides is 3. The van der Waals surface area contributed by atoms with Crippen molar-refractivity contribution in [3.8, 4) is 11.4 Å². The molecule has 39 heavy (non-hydrogen) atoms. The molecule has 9 nitrogen and oxygen atoms in total. The van der Waals surface area contributed by atoms with Crippen LogP contribution in [0.15, 0.2) is 30.6 Å². The molecule has 0 radical (unpaired) electrons. The van der Waals surface area contributed by atoms with Crippen LogP contribution in [0.1, 0.15) is 57.0 Å². The van der Waals surface area contributed by atoms with Crippen molar-refractivity contribution in [2.75, 3.05) is 18.0 Å². The van der Waals surface area contributed by atoms with Gasteiger partial charge in [-0.25, -0.2) is 9.78 Å². The Labute approximate surface area is 224 Å². The molecule has 0 spiro atoms. The summed E-state index contributed by atoms with van der Waals surface area (Å²) in [5.74, 6) is -0.532. The van der Waals surface area contributed by atoms with E-state index in [2.05, 4.69) is 9.97 Å². The molecule has 1 unspecified atom stereocenters. The Balaban J connectivity index is 1.85. The highest BCUT2D eigenvalue weighted by Crippen LogP contribution is 2.40. The Morgan fingerprint density at radius 1 is 1.23 bits per heavy atom. The summed E-state index contributed by atoms with van der Waals surface area (Å²) in [7, 11) is 0. The minimum absolute atomic E-state index is 0.0531. The van der Waals surface area contributed by atoms with E-state index < -0.39 is 35.3 Å². The monoisotopic (exact) mass is 546 g/mol. The zero-order valence-corrected chi connectivity index (χ0v) is 22.8. The van der Waals surface area contributed by atoms with E-state index in [1.54, 1.807) is 20.8 Å². The highest BCUT2D eigenvalue weighted by molar-refractivity contribution is 6.03. The van der Waals surface area contributed by atoms with Crippen LogP contribution in [0.25, 0.3) is 22.4 Å². The van der Waals surface area contributed by atoms with E-state index >= 15 is 0 Å². The van der Waals surface area contributed by atoms with Crippen molar-refractivity contribution in [3.05, 3.63) is 41.7 Å². The lowest BCUT2D eigenvalue weighted by Gasteiger charge is -2.45. The second-order valence-corrected chi connectivity index (χ2v) is 11.3. The Bertz CT molecular complexity index is 1410. The van der Waals surface area contributed by atoms with Gasteiger partial charge in [0.05, 0.1) is 33.4 Å². The second kappa shape index (κ2) is 9.73. The maximum atomic E-state index is 13.3. The lowest BCUT2D eigenvalue weighted by atomic mass is 9.92. The number of rotatable bonds is 5. The number of aromatic amines is 1. The highest BCUT2D eigenvalue weighted by Gasteiger charge is 2.47. The number of imidazole rings is 1. The fourth-order valence-corrected chi connectivity index (χ4v) is 5.44. The van der Waals surface area contributed by atoms with Gasteiger partial charge in [0.25, 0.3) is 5.91 Å². The van der Waals surface area contributed by atoms with Crippen molar-refractivity contribution in [3.63, 3.8) is 0 Å². The predicted molar refractivity (Wildman–Crippen MR) is 142 cm³/mol. The van der Waals surface area contributed by atoms with Crippen LogP contribution >= 0.6 is 0 Å². The lowest BCUT2D eigenvalue weighted by Crippen LogP contribution is -2.59. The number of benzene rings is 1. The number of aryl methyl sites for hydroxylation is 1. The number of carboxylic acid groups (broad SMARTS) is 1. The summed E-state index contributed by atoms with van der Waals surface area (Å²) < 4.78 is 39.9. The molecule has 0 bridgehead atoms. The van der Waals surface area contributed by atoms with Gasteiger partial charge in [-0.1, -0.05) is 12.1 Å². The average molecular weight is 547 g/mol. The standard InChI is InChI=1S/C27H33F3N6O3/c1-15-8-7-9-19-20(15)34-22(33-19)17-12-31-13-18(23(37)32-16(2)27(28,29)30)21(17)35-11-10-26(6,14-35)36(24(38)39)25(3,4)5/h7-9,12-13,16H,10-11,14H2,1-6H3,(H,32,37)(H,33,34)(H,38,39)/t16-,26?/m0/s1. The van der Waals surface area contributed by atoms with Crippen molar-refractivity contribution in [1.29, 1.82) is 0 Å². The van der Waals surface area contributed by atoms with Gasteiger partial charge in [0.15, 0.2) is 0 Å². The van der Waals surface area contributed by atoms with E-state index in [0.717, 1.165) is 23.5 Å². The number of pyridine rings is 1. The minimum Gasteiger partial charge on any atom is -0.465 e. The summed E-state index contributed by atoms with van der Waals surface area (Å²) in [5.41, 5.74) is 1.58. The number of nitrogens with zero attached hydrogens (tertiary/aromatic N) is 4.